The molecule has 0 radical (unpaired) electrons. The Morgan fingerprint density at radius 1 is 0.629 bits per heavy atom. The number of primary amides is 2. The number of rotatable bonds is 14. The van der Waals surface area contributed by atoms with Gasteiger partial charge in [-0.05, 0) is 112 Å². The number of halogens is 4. The molecule has 2 amide bonds. The molecule has 70 heavy (non-hydrogen) atoms. The Labute approximate surface area is 425 Å². The zero-order chi connectivity index (χ0) is 49.4. The van der Waals surface area contributed by atoms with Crippen LogP contribution in [0.15, 0.2) is 48.8 Å². The van der Waals surface area contributed by atoms with Gasteiger partial charge in [0.2, 0.25) is 0 Å². The van der Waals surface area contributed by atoms with Crippen LogP contribution in [0.2, 0.25) is 20.1 Å². The highest BCUT2D eigenvalue weighted by Gasteiger charge is 2.38. The first kappa shape index (κ1) is 50.0. The summed E-state index contributed by atoms with van der Waals surface area (Å²) < 4.78 is 3.32. The quantitative estimate of drug-likeness (QED) is 0.0988. The largest absolute Gasteiger partial charge is 0.395 e. The predicted molar refractivity (Wildman–Crippen MR) is 272 cm³/mol. The summed E-state index contributed by atoms with van der Waals surface area (Å²) in [6.07, 6.45) is 8.17. The number of amides is 2. The number of nitrogens with two attached hydrogens (primary N) is 2. The van der Waals surface area contributed by atoms with E-state index in [0.29, 0.717) is 66.1 Å². The number of aromatic nitrogens is 8. The second kappa shape index (κ2) is 21.4. The fourth-order valence-corrected chi connectivity index (χ4v) is 11.7. The maximum atomic E-state index is 12.1. The van der Waals surface area contributed by atoms with Crippen molar-refractivity contribution < 1.29 is 19.8 Å². The van der Waals surface area contributed by atoms with Gasteiger partial charge in [-0.3, -0.25) is 9.59 Å². The van der Waals surface area contributed by atoms with Crippen LogP contribution in [0.25, 0.3) is 22.3 Å². The molecule has 0 saturated carbocycles. The molecule has 372 valence electrons. The molecule has 4 saturated heterocycles. The molecular weight excluding hydrogens is 978 g/mol. The Morgan fingerprint density at radius 3 is 1.39 bits per heavy atom. The van der Waals surface area contributed by atoms with Gasteiger partial charge in [-0.15, -0.1) is 0 Å². The van der Waals surface area contributed by atoms with Gasteiger partial charge in [0.1, 0.15) is 22.7 Å². The van der Waals surface area contributed by atoms with Gasteiger partial charge in [0.05, 0.1) is 37.7 Å². The molecule has 8 heterocycles. The molecule has 4 aromatic heterocycles. The third kappa shape index (κ3) is 10.4. The number of fused-ring (bicyclic) bond motifs is 2. The number of piperidine rings is 2. The van der Waals surface area contributed by atoms with Gasteiger partial charge in [-0.1, -0.05) is 58.5 Å². The van der Waals surface area contributed by atoms with E-state index in [-0.39, 0.29) is 36.7 Å². The Kier molecular flexibility index (Phi) is 15.3. The first-order chi connectivity index (χ1) is 33.7. The lowest BCUT2D eigenvalue weighted by Crippen LogP contribution is -2.54. The number of benzene rings is 2. The van der Waals surface area contributed by atoms with Gasteiger partial charge in [0.15, 0.2) is 22.7 Å². The molecule has 4 atom stereocenters. The maximum Gasteiger partial charge on any atom is 0.271 e. The average Bonchev–Trinajstić information content (AvgIpc) is 3.88. The van der Waals surface area contributed by atoms with Crippen LogP contribution in [0.4, 0.5) is 11.6 Å². The molecule has 4 aliphatic heterocycles. The SMILES string of the molecule is C[C@H](c1ccc(Cl)cc1Cl)n1nc(C(N)=O)c2ncc(N3CC([C@@H]4CCCN(CCO)C4)C3)nc21.C[C@H](c1ccc(Cl)cc1Cl)n1nc(C(N)=O)c2ncc(N3CC([C@H]4CCCN(CCO)C4)C3)nc21. The minimum atomic E-state index is -0.654. The number of hydrogen-bond acceptors (Lipinski definition) is 14. The van der Waals surface area contributed by atoms with Crippen molar-refractivity contribution in [2.45, 2.75) is 51.6 Å². The van der Waals surface area contributed by atoms with Crippen molar-refractivity contribution in [2.24, 2.45) is 35.1 Å². The van der Waals surface area contributed by atoms with Gasteiger partial charge >= 0.3 is 0 Å². The summed E-state index contributed by atoms with van der Waals surface area (Å²) in [4.78, 5) is 52.1. The van der Waals surface area contributed by atoms with E-state index in [0.717, 1.165) is 88.2 Å². The van der Waals surface area contributed by atoms with Crippen LogP contribution in [-0.4, -0.2) is 150 Å². The average molecular weight is 1040 g/mol. The first-order valence-corrected chi connectivity index (χ1v) is 25.4. The Hall–Kier alpha value is -4.92. The zero-order valence-corrected chi connectivity index (χ0v) is 42.2. The molecule has 6 N–H and O–H groups in total. The summed E-state index contributed by atoms with van der Waals surface area (Å²) in [5.74, 6) is 2.63. The van der Waals surface area contributed by atoms with E-state index in [4.69, 9.17) is 67.8 Å². The van der Waals surface area contributed by atoms with E-state index in [2.05, 4.69) is 39.8 Å². The molecule has 0 bridgehead atoms. The lowest BCUT2D eigenvalue weighted by molar-refractivity contribution is 0.0987. The van der Waals surface area contributed by atoms with E-state index in [1.54, 1.807) is 46.0 Å². The molecule has 6 aromatic rings. The highest BCUT2D eigenvalue weighted by Crippen LogP contribution is 2.37. The van der Waals surface area contributed by atoms with Crippen molar-refractivity contribution in [1.82, 2.24) is 49.3 Å². The second-order valence-electron chi connectivity index (χ2n) is 19.0. The first-order valence-electron chi connectivity index (χ1n) is 23.9. The highest BCUT2D eigenvalue weighted by molar-refractivity contribution is 6.35. The van der Waals surface area contributed by atoms with E-state index < -0.39 is 11.8 Å². The third-order valence-corrected chi connectivity index (χ3v) is 15.6. The number of carbonyl (C=O) groups excluding carboxylic acids is 2. The van der Waals surface area contributed by atoms with Gasteiger partial charge in [0, 0.05) is 72.4 Å². The molecule has 0 aliphatic carbocycles. The third-order valence-electron chi connectivity index (χ3n) is 14.5. The van der Waals surface area contributed by atoms with Crippen molar-refractivity contribution in [3.63, 3.8) is 0 Å². The van der Waals surface area contributed by atoms with Crippen LogP contribution in [0.1, 0.15) is 83.7 Å². The summed E-state index contributed by atoms with van der Waals surface area (Å²) in [5, 5.41) is 29.6. The van der Waals surface area contributed by atoms with Crippen molar-refractivity contribution in [3.05, 3.63) is 91.4 Å². The summed E-state index contributed by atoms with van der Waals surface area (Å²) in [5.41, 5.74) is 14.7. The van der Waals surface area contributed by atoms with Crippen LogP contribution in [0.3, 0.4) is 0 Å². The molecule has 4 aliphatic rings. The van der Waals surface area contributed by atoms with Crippen molar-refractivity contribution in [3.8, 4) is 0 Å². The van der Waals surface area contributed by atoms with E-state index in [1.165, 1.54) is 25.7 Å². The van der Waals surface area contributed by atoms with Crippen molar-refractivity contribution >= 4 is 92.2 Å². The van der Waals surface area contributed by atoms with Crippen LogP contribution >= 0.6 is 46.4 Å². The van der Waals surface area contributed by atoms with Gasteiger partial charge in [-0.25, -0.2) is 29.3 Å². The van der Waals surface area contributed by atoms with Crippen LogP contribution < -0.4 is 21.3 Å². The Bertz CT molecular complexity index is 2680. The maximum absolute atomic E-state index is 12.1. The molecule has 0 spiro atoms. The number of aliphatic hydroxyl groups is 2. The zero-order valence-electron chi connectivity index (χ0n) is 39.1. The van der Waals surface area contributed by atoms with Crippen LogP contribution in [-0.2, 0) is 0 Å². The number of nitrogens with zero attached hydrogens (tertiary/aromatic N) is 12. The van der Waals surface area contributed by atoms with Crippen molar-refractivity contribution in [2.75, 3.05) is 88.5 Å². The van der Waals surface area contributed by atoms with E-state index >= 15 is 0 Å². The summed E-state index contributed by atoms with van der Waals surface area (Å²) in [6.45, 7) is 13.6. The fraction of sp³-hybridized carbons (Fsp3) is 0.500. The van der Waals surface area contributed by atoms with Crippen LogP contribution in [0.5, 0.6) is 0 Å². The molecule has 22 heteroatoms. The van der Waals surface area contributed by atoms with Crippen LogP contribution in [0, 0.1) is 23.7 Å². The fourth-order valence-electron chi connectivity index (χ4n) is 10.6. The molecule has 2 aromatic carbocycles. The monoisotopic (exact) mass is 1030 g/mol. The van der Waals surface area contributed by atoms with Gasteiger partial charge in [-0.2, -0.15) is 10.2 Å². The topological polar surface area (TPSA) is 227 Å². The number of likely N-dealkylation sites (tertiary alicyclic amines) is 2. The van der Waals surface area contributed by atoms with Gasteiger partial charge < -0.3 is 41.3 Å². The minimum Gasteiger partial charge on any atom is -0.395 e. The lowest BCUT2D eigenvalue weighted by Gasteiger charge is -2.47. The number of aliphatic hydroxyl groups excluding tert-OH is 2. The molecule has 0 unspecified atom stereocenters. The number of carbonyl (C=O) groups is 2. The molecule has 4 fully saturated rings. The summed E-state index contributed by atoms with van der Waals surface area (Å²) in [7, 11) is 0. The van der Waals surface area contributed by atoms with E-state index in [9.17, 15) is 19.8 Å². The minimum absolute atomic E-state index is 0.0867. The molecular formula is C48H58Cl4N14O4. The Morgan fingerprint density at radius 2 is 1.03 bits per heavy atom. The lowest BCUT2D eigenvalue weighted by atomic mass is 9.80. The standard InChI is InChI=1S/2C24H29Cl2N7O2/c2*1-14(18-5-4-17(25)9-19(18)26)33-24-22(21(30-33)23(27)35)28-10-20(29-24)32-12-16(13-32)15-3-2-6-31(11-15)7-8-34/h2*4-5,9-10,14-16,34H,2-3,6-8,11-13H2,1H3,(H2,27,35)/t14-,15+;14-,15-/m11/s1. The van der Waals surface area contributed by atoms with Gasteiger partial charge in [0.25, 0.3) is 11.8 Å². The smallest absolute Gasteiger partial charge is 0.271 e. The molecule has 10 rings (SSSR count). The summed E-state index contributed by atoms with van der Waals surface area (Å²) in [6, 6.07) is 9.95. The number of hydrogen-bond donors (Lipinski definition) is 4. The Balaban J connectivity index is 0.000000174. The number of anilines is 2. The highest BCUT2D eigenvalue weighted by atomic mass is 35.5. The number of β-amino-alcohol motifs (C(OH)–C–C–N with tert-alkyl or cyclic N) is 2. The summed E-state index contributed by atoms with van der Waals surface area (Å²) >= 11 is 25.0. The second-order valence-corrected chi connectivity index (χ2v) is 20.7. The van der Waals surface area contributed by atoms with Crippen molar-refractivity contribution in [1.29, 1.82) is 0 Å². The van der Waals surface area contributed by atoms with E-state index in [1.807, 2.05) is 26.0 Å². The molecule has 18 nitrogen and oxygen atoms in total. The predicted octanol–water partition coefficient (Wildman–Crippen LogP) is 5.96. The normalized spacial score (nSPS) is 20.2.